The number of benzene rings is 1. The molecule has 37 heavy (non-hydrogen) atoms. The van der Waals surface area contributed by atoms with Crippen LogP contribution in [0.2, 0.25) is 0 Å². The van der Waals surface area contributed by atoms with Crippen LogP contribution in [-0.4, -0.2) is 52.2 Å². The summed E-state index contributed by atoms with van der Waals surface area (Å²) in [4.78, 5) is 7.75. The summed E-state index contributed by atoms with van der Waals surface area (Å²) in [6, 6.07) is 10.2. The maximum Gasteiger partial charge on any atom is 0.219 e. The van der Waals surface area contributed by atoms with Crippen molar-refractivity contribution in [3.63, 3.8) is 0 Å². The molecule has 0 radical (unpaired) electrons. The lowest BCUT2D eigenvalue weighted by atomic mass is 9.90. The van der Waals surface area contributed by atoms with Crippen LogP contribution >= 0.6 is 11.3 Å². The molecule has 2 aliphatic heterocycles. The Morgan fingerprint density at radius 1 is 1.24 bits per heavy atom. The van der Waals surface area contributed by atoms with Crippen LogP contribution in [-0.2, 0) is 23.1 Å². The number of pyridine rings is 1. The lowest BCUT2D eigenvalue weighted by Crippen LogP contribution is -2.50. The minimum Gasteiger partial charge on any atom is -0.391 e. The highest BCUT2D eigenvalue weighted by Crippen LogP contribution is 2.46. The molecule has 1 N–H and O–H groups in total. The number of aromatic nitrogens is 1. The van der Waals surface area contributed by atoms with E-state index in [1.165, 1.54) is 11.3 Å². The Morgan fingerprint density at radius 2 is 2.00 bits per heavy atom. The predicted molar refractivity (Wildman–Crippen MR) is 149 cm³/mol. The molecule has 0 bridgehead atoms. The van der Waals surface area contributed by atoms with Crippen molar-refractivity contribution in [1.82, 2.24) is 9.29 Å². The molecule has 5 rings (SSSR count). The summed E-state index contributed by atoms with van der Waals surface area (Å²) in [6.45, 7) is 10.6. The standard InChI is InChI=1S/C28H34N4O3S2/c1-27(2,3)37(34,35)32-16-20(14-28(32,4)5)31-10-6-7-19-11-18(15-29)12-23(25(19)31)22-8-9-30-24-13-21(17-33)36-26(22)24/h8-9,11-13,20,33H,6-7,10,14,16-17H2,1-5H3/t20-/m0/s1. The lowest BCUT2D eigenvalue weighted by Gasteiger charge is -2.38. The third-order valence-corrected chi connectivity index (χ3v) is 11.6. The lowest BCUT2D eigenvalue weighted by molar-refractivity contribution is 0.284. The zero-order valence-corrected chi connectivity index (χ0v) is 23.7. The van der Waals surface area contributed by atoms with Crippen LogP contribution in [0.25, 0.3) is 21.3 Å². The van der Waals surface area contributed by atoms with Gasteiger partial charge < -0.3 is 10.0 Å². The second-order valence-corrected chi connectivity index (χ2v) is 15.5. The predicted octanol–water partition coefficient (Wildman–Crippen LogP) is 5.06. The fourth-order valence-electron chi connectivity index (χ4n) is 5.83. The molecule has 0 saturated carbocycles. The largest absolute Gasteiger partial charge is 0.391 e. The third-order valence-electron chi connectivity index (χ3n) is 7.65. The number of aryl methyl sites for hydroxylation is 1. The average molecular weight is 539 g/mol. The van der Waals surface area contributed by atoms with E-state index in [9.17, 15) is 18.8 Å². The van der Waals surface area contributed by atoms with Crippen molar-refractivity contribution in [3.05, 3.63) is 46.5 Å². The quantitative estimate of drug-likeness (QED) is 0.499. The van der Waals surface area contributed by atoms with Gasteiger partial charge >= 0.3 is 0 Å². The number of nitrogens with zero attached hydrogens (tertiary/aromatic N) is 4. The van der Waals surface area contributed by atoms with Gasteiger partial charge in [-0.3, -0.25) is 4.98 Å². The minimum absolute atomic E-state index is 0.0199. The molecule has 1 saturated heterocycles. The molecule has 1 atom stereocenters. The summed E-state index contributed by atoms with van der Waals surface area (Å²) in [7, 11) is -3.50. The number of nitriles is 1. The highest BCUT2D eigenvalue weighted by molar-refractivity contribution is 7.90. The topological polar surface area (TPSA) is 97.5 Å². The van der Waals surface area contributed by atoms with Gasteiger partial charge in [0, 0.05) is 52.6 Å². The van der Waals surface area contributed by atoms with Gasteiger partial charge in [-0.05, 0) is 83.7 Å². The van der Waals surface area contributed by atoms with Crippen molar-refractivity contribution >= 4 is 37.3 Å². The van der Waals surface area contributed by atoms with Crippen LogP contribution in [0.3, 0.4) is 0 Å². The number of fused-ring (bicyclic) bond motifs is 2. The highest BCUT2D eigenvalue weighted by atomic mass is 32.2. The molecule has 7 nitrogen and oxygen atoms in total. The molecule has 1 aromatic carbocycles. The molecular formula is C28H34N4O3S2. The van der Waals surface area contributed by atoms with E-state index in [4.69, 9.17) is 0 Å². The molecule has 4 heterocycles. The SMILES string of the molecule is CC1(C)C[C@H](N2CCCc3cc(C#N)cc(-c4ccnc5cc(CO)sc45)c32)CN1S(=O)(=O)C(C)(C)C. The molecule has 0 aliphatic carbocycles. The fourth-order valence-corrected chi connectivity index (χ4v) is 8.59. The van der Waals surface area contributed by atoms with Crippen LogP contribution in [0.15, 0.2) is 30.5 Å². The summed E-state index contributed by atoms with van der Waals surface area (Å²) in [5, 5.41) is 19.6. The Bertz CT molecular complexity index is 1510. The molecule has 1 fully saturated rings. The van der Waals surface area contributed by atoms with Crippen molar-refractivity contribution < 1.29 is 13.5 Å². The Morgan fingerprint density at radius 3 is 2.68 bits per heavy atom. The molecule has 0 spiro atoms. The Labute approximate surface area is 223 Å². The van der Waals surface area contributed by atoms with Crippen molar-refractivity contribution in [3.8, 4) is 17.2 Å². The summed E-state index contributed by atoms with van der Waals surface area (Å²) in [5.41, 5.74) is 5.12. The number of rotatable bonds is 4. The van der Waals surface area contributed by atoms with Crippen LogP contribution in [0, 0.1) is 11.3 Å². The second-order valence-electron chi connectivity index (χ2n) is 11.7. The molecule has 2 aliphatic rings. The Balaban J connectivity index is 1.66. The van der Waals surface area contributed by atoms with Crippen LogP contribution in [0.1, 0.15) is 63.5 Å². The molecule has 2 aromatic heterocycles. The average Bonchev–Trinajstić information content (AvgIpc) is 3.42. The number of aliphatic hydroxyl groups is 1. The van der Waals surface area contributed by atoms with E-state index in [0.717, 1.165) is 63.3 Å². The van der Waals surface area contributed by atoms with E-state index in [-0.39, 0.29) is 12.6 Å². The molecular weight excluding hydrogens is 504 g/mol. The number of hydrogen-bond acceptors (Lipinski definition) is 7. The smallest absolute Gasteiger partial charge is 0.219 e. The van der Waals surface area contributed by atoms with Gasteiger partial charge in [0.25, 0.3) is 0 Å². The number of anilines is 1. The summed E-state index contributed by atoms with van der Waals surface area (Å²) in [6.07, 6.45) is 4.32. The number of thiophene rings is 1. The van der Waals surface area contributed by atoms with E-state index in [2.05, 4.69) is 16.0 Å². The first kappa shape index (κ1) is 26.1. The molecule has 0 unspecified atom stereocenters. The van der Waals surface area contributed by atoms with E-state index in [1.54, 1.807) is 31.3 Å². The van der Waals surface area contributed by atoms with Crippen molar-refractivity contribution in [2.75, 3.05) is 18.0 Å². The first-order valence-electron chi connectivity index (χ1n) is 12.7. The Kier molecular flexibility index (Phi) is 6.39. The first-order valence-corrected chi connectivity index (χ1v) is 15.0. The normalized spacial score (nSPS) is 20.2. The van der Waals surface area contributed by atoms with Crippen molar-refractivity contribution in [1.29, 1.82) is 5.26 Å². The fraction of sp³-hybridized carbons (Fsp3) is 0.500. The van der Waals surface area contributed by atoms with Crippen LogP contribution in [0.4, 0.5) is 5.69 Å². The zero-order valence-electron chi connectivity index (χ0n) is 22.1. The summed E-state index contributed by atoms with van der Waals surface area (Å²) >= 11 is 1.52. The highest BCUT2D eigenvalue weighted by Gasteiger charge is 2.50. The number of aliphatic hydroxyl groups excluding tert-OH is 1. The number of hydrogen-bond donors (Lipinski definition) is 1. The van der Waals surface area contributed by atoms with E-state index >= 15 is 0 Å². The van der Waals surface area contributed by atoms with Crippen LogP contribution < -0.4 is 4.90 Å². The molecule has 0 amide bonds. The Hall–Kier alpha value is -2.51. The summed E-state index contributed by atoms with van der Waals surface area (Å²) in [5.74, 6) is 0. The van der Waals surface area contributed by atoms with Gasteiger partial charge in [0.15, 0.2) is 0 Å². The second kappa shape index (κ2) is 9.05. The minimum atomic E-state index is -3.50. The van der Waals surface area contributed by atoms with E-state index < -0.39 is 20.3 Å². The first-order chi connectivity index (χ1) is 17.4. The van der Waals surface area contributed by atoms with Gasteiger partial charge in [-0.2, -0.15) is 9.57 Å². The van der Waals surface area contributed by atoms with Gasteiger partial charge in [0.1, 0.15) is 0 Å². The van der Waals surface area contributed by atoms with Crippen LogP contribution in [0.5, 0.6) is 0 Å². The van der Waals surface area contributed by atoms with Crippen molar-refractivity contribution in [2.45, 2.75) is 76.8 Å². The number of sulfonamides is 1. The van der Waals surface area contributed by atoms with Gasteiger partial charge in [-0.15, -0.1) is 11.3 Å². The van der Waals surface area contributed by atoms with Crippen molar-refractivity contribution in [2.24, 2.45) is 0 Å². The molecule has 9 heteroatoms. The zero-order chi connectivity index (χ0) is 26.8. The van der Waals surface area contributed by atoms with Gasteiger partial charge in [-0.25, -0.2) is 8.42 Å². The van der Waals surface area contributed by atoms with Gasteiger partial charge in [0.2, 0.25) is 10.0 Å². The maximum atomic E-state index is 13.5. The molecule has 3 aromatic rings. The van der Waals surface area contributed by atoms with E-state index in [0.29, 0.717) is 12.1 Å². The van der Waals surface area contributed by atoms with Gasteiger partial charge in [0.05, 0.1) is 33.2 Å². The third kappa shape index (κ3) is 4.34. The van der Waals surface area contributed by atoms with Gasteiger partial charge in [-0.1, -0.05) is 0 Å². The molecule has 196 valence electrons. The summed E-state index contributed by atoms with van der Waals surface area (Å²) < 4.78 is 28.9. The van der Waals surface area contributed by atoms with E-state index in [1.807, 2.05) is 38.1 Å². The maximum absolute atomic E-state index is 13.5. The monoisotopic (exact) mass is 538 g/mol.